The largest absolute Gasteiger partial charge is 0.463 e. The minimum absolute atomic E-state index is 0.0884. The van der Waals surface area contributed by atoms with E-state index in [1.807, 2.05) is 0 Å². The van der Waals surface area contributed by atoms with Crippen LogP contribution in [-0.2, 0) is 14.3 Å². The lowest BCUT2D eigenvalue weighted by Crippen LogP contribution is -2.38. The number of rotatable bonds is 6. The molecule has 0 amide bonds. The Labute approximate surface area is 97.0 Å². The predicted octanol–water partition coefficient (Wildman–Crippen LogP) is 1.26. The Bertz CT molecular complexity index is 257. The van der Waals surface area contributed by atoms with E-state index in [4.69, 9.17) is 9.47 Å². The van der Waals surface area contributed by atoms with Crippen molar-refractivity contribution in [2.75, 3.05) is 26.3 Å². The summed E-state index contributed by atoms with van der Waals surface area (Å²) in [4.78, 5) is 11.3. The number of ether oxygens (including phenoxy) is 2. The lowest BCUT2D eigenvalue weighted by atomic mass is 10.0. The Morgan fingerprint density at radius 3 is 2.94 bits per heavy atom. The minimum Gasteiger partial charge on any atom is -0.463 e. The van der Waals surface area contributed by atoms with Gasteiger partial charge in [-0.25, -0.2) is 4.79 Å². The van der Waals surface area contributed by atoms with E-state index < -0.39 is 0 Å². The maximum Gasteiger partial charge on any atom is 0.334 e. The molecule has 1 unspecified atom stereocenters. The molecule has 16 heavy (non-hydrogen) atoms. The van der Waals surface area contributed by atoms with E-state index in [0.29, 0.717) is 18.7 Å². The average molecular weight is 227 g/mol. The van der Waals surface area contributed by atoms with Crippen LogP contribution in [-0.4, -0.2) is 37.9 Å². The van der Waals surface area contributed by atoms with Crippen LogP contribution in [0.15, 0.2) is 12.2 Å². The fourth-order valence-corrected chi connectivity index (χ4v) is 1.76. The van der Waals surface area contributed by atoms with Gasteiger partial charge in [0, 0.05) is 25.3 Å². The van der Waals surface area contributed by atoms with Crippen molar-refractivity contribution in [2.24, 2.45) is 0 Å². The van der Waals surface area contributed by atoms with Crippen molar-refractivity contribution in [1.29, 1.82) is 0 Å². The van der Waals surface area contributed by atoms with Gasteiger partial charge >= 0.3 is 5.97 Å². The molecule has 0 saturated carbocycles. The van der Waals surface area contributed by atoms with Crippen LogP contribution in [0.25, 0.3) is 0 Å². The van der Waals surface area contributed by atoms with Crippen molar-refractivity contribution >= 4 is 5.97 Å². The van der Waals surface area contributed by atoms with Crippen LogP contribution in [0.2, 0.25) is 0 Å². The number of nitrogens with one attached hydrogen (secondary N) is 1. The summed E-state index contributed by atoms with van der Waals surface area (Å²) in [5, 5.41) is 3.18. The molecule has 1 atom stereocenters. The summed E-state index contributed by atoms with van der Waals surface area (Å²) in [5.41, 5.74) is 0.373. The van der Waals surface area contributed by atoms with Gasteiger partial charge in [-0.3, -0.25) is 0 Å². The summed E-state index contributed by atoms with van der Waals surface area (Å²) in [6.07, 6.45) is 2.17. The number of carbonyl (C=O) groups excluding carboxylic acids is 1. The Balaban J connectivity index is 2.19. The zero-order chi connectivity index (χ0) is 12.0. The maximum atomic E-state index is 11.3. The highest BCUT2D eigenvalue weighted by atomic mass is 16.5. The summed E-state index contributed by atoms with van der Waals surface area (Å²) >= 11 is 0. The Morgan fingerprint density at radius 2 is 2.38 bits per heavy atom. The second kappa shape index (κ2) is 6.01. The second-order valence-corrected chi connectivity index (χ2v) is 4.33. The van der Waals surface area contributed by atoms with Crippen molar-refractivity contribution in [3.8, 4) is 0 Å². The van der Waals surface area contributed by atoms with Crippen LogP contribution in [0.1, 0.15) is 26.7 Å². The van der Waals surface area contributed by atoms with Crippen LogP contribution in [0, 0.1) is 0 Å². The van der Waals surface area contributed by atoms with E-state index in [0.717, 1.165) is 26.0 Å². The highest BCUT2D eigenvalue weighted by Crippen LogP contribution is 2.23. The summed E-state index contributed by atoms with van der Waals surface area (Å²) in [7, 11) is 0. The average Bonchev–Trinajstić information content (AvgIpc) is 2.65. The zero-order valence-corrected chi connectivity index (χ0v) is 10.2. The highest BCUT2D eigenvalue weighted by molar-refractivity contribution is 5.88. The van der Waals surface area contributed by atoms with Crippen molar-refractivity contribution in [1.82, 2.24) is 5.32 Å². The van der Waals surface area contributed by atoms with Gasteiger partial charge in [-0.05, 0) is 26.7 Å². The quantitative estimate of drug-likeness (QED) is 0.548. The molecule has 1 heterocycles. The lowest BCUT2D eigenvalue weighted by Gasteiger charge is -2.23. The minimum atomic E-state index is -0.326. The molecule has 1 saturated heterocycles. The zero-order valence-electron chi connectivity index (χ0n) is 10.2. The first-order valence-electron chi connectivity index (χ1n) is 5.77. The van der Waals surface area contributed by atoms with Gasteiger partial charge in [-0.1, -0.05) is 6.58 Å². The first-order chi connectivity index (χ1) is 7.57. The molecule has 92 valence electrons. The van der Waals surface area contributed by atoms with Crippen LogP contribution >= 0.6 is 0 Å². The molecule has 1 aliphatic heterocycles. The number of hydrogen-bond acceptors (Lipinski definition) is 4. The molecule has 1 fully saturated rings. The van der Waals surface area contributed by atoms with E-state index in [1.165, 1.54) is 0 Å². The van der Waals surface area contributed by atoms with Gasteiger partial charge in [0.15, 0.2) is 0 Å². The van der Waals surface area contributed by atoms with Gasteiger partial charge in [0.2, 0.25) is 0 Å². The number of hydrogen-bond donors (Lipinski definition) is 1. The van der Waals surface area contributed by atoms with E-state index in [2.05, 4.69) is 18.8 Å². The normalized spacial score (nSPS) is 24.4. The summed E-state index contributed by atoms with van der Waals surface area (Å²) in [5.74, 6) is -0.326. The third-order valence-electron chi connectivity index (χ3n) is 2.70. The maximum absolute atomic E-state index is 11.3. The van der Waals surface area contributed by atoms with Crippen LogP contribution in [0.3, 0.4) is 0 Å². The Morgan fingerprint density at radius 1 is 1.62 bits per heavy atom. The molecule has 0 aromatic rings. The number of carbonyl (C=O) groups is 1. The molecule has 0 spiro atoms. The lowest BCUT2D eigenvalue weighted by molar-refractivity contribution is -0.138. The Hall–Kier alpha value is -0.870. The SMILES string of the molecule is C=C(CNCC1(C)CCCO1)C(=O)OCC. The van der Waals surface area contributed by atoms with Crippen molar-refractivity contribution < 1.29 is 14.3 Å². The van der Waals surface area contributed by atoms with Crippen LogP contribution < -0.4 is 5.32 Å². The monoisotopic (exact) mass is 227 g/mol. The third kappa shape index (κ3) is 3.94. The van der Waals surface area contributed by atoms with Crippen LogP contribution in [0.5, 0.6) is 0 Å². The predicted molar refractivity (Wildman–Crippen MR) is 62.2 cm³/mol. The topological polar surface area (TPSA) is 47.6 Å². The van der Waals surface area contributed by atoms with Gasteiger partial charge in [-0.15, -0.1) is 0 Å². The van der Waals surface area contributed by atoms with Gasteiger partial charge in [0.05, 0.1) is 12.2 Å². The molecule has 0 aromatic heterocycles. The summed E-state index contributed by atoms with van der Waals surface area (Å²) < 4.78 is 10.5. The highest BCUT2D eigenvalue weighted by Gasteiger charge is 2.29. The molecule has 4 nitrogen and oxygen atoms in total. The molecule has 0 radical (unpaired) electrons. The van der Waals surface area contributed by atoms with Gasteiger partial charge in [0.25, 0.3) is 0 Å². The molecular weight excluding hydrogens is 206 g/mol. The van der Waals surface area contributed by atoms with Crippen molar-refractivity contribution in [3.05, 3.63) is 12.2 Å². The second-order valence-electron chi connectivity index (χ2n) is 4.33. The van der Waals surface area contributed by atoms with Gasteiger partial charge in [-0.2, -0.15) is 0 Å². The third-order valence-corrected chi connectivity index (χ3v) is 2.70. The Kier molecular flexibility index (Phi) is 4.96. The molecule has 0 aliphatic carbocycles. The summed E-state index contributed by atoms with van der Waals surface area (Å²) in [6.45, 7) is 9.96. The molecule has 1 aliphatic rings. The van der Waals surface area contributed by atoms with Crippen LogP contribution in [0.4, 0.5) is 0 Å². The molecular formula is C12H21NO3. The van der Waals surface area contributed by atoms with Gasteiger partial charge in [0.1, 0.15) is 0 Å². The van der Waals surface area contributed by atoms with E-state index in [1.54, 1.807) is 6.92 Å². The molecule has 1 rings (SSSR count). The number of esters is 1. The van der Waals surface area contributed by atoms with Crippen molar-refractivity contribution in [3.63, 3.8) is 0 Å². The smallest absolute Gasteiger partial charge is 0.334 e. The summed E-state index contributed by atoms with van der Waals surface area (Å²) in [6, 6.07) is 0. The molecule has 1 N–H and O–H groups in total. The fourth-order valence-electron chi connectivity index (χ4n) is 1.76. The molecule has 4 heteroatoms. The molecule has 0 bridgehead atoms. The molecule has 0 aromatic carbocycles. The van der Waals surface area contributed by atoms with Crippen molar-refractivity contribution in [2.45, 2.75) is 32.3 Å². The standard InChI is InChI=1S/C12H21NO3/c1-4-15-11(14)10(2)8-13-9-12(3)6-5-7-16-12/h13H,2,4-9H2,1,3H3. The van der Waals surface area contributed by atoms with Gasteiger partial charge < -0.3 is 14.8 Å². The van der Waals surface area contributed by atoms with E-state index in [-0.39, 0.29) is 11.6 Å². The van der Waals surface area contributed by atoms with E-state index >= 15 is 0 Å². The fraction of sp³-hybridized carbons (Fsp3) is 0.750. The first kappa shape index (κ1) is 13.2. The first-order valence-corrected chi connectivity index (χ1v) is 5.77. The van der Waals surface area contributed by atoms with E-state index in [9.17, 15) is 4.79 Å².